The summed E-state index contributed by atoms with van der Waals surface area (Å²) in [5.74, 6) is 2.38. The smallest absolute Gasteiger partial charge is 0.237 e. The Bertz CT molecular complexity index is 301. The largest absolute Gasteiger partial charge is 0.352 e. The number of hydrogen-bond acceptors (Lipinski definition) is 2. The van der Waals surface area contributed by atoms with E-state index in [0.717, 1.165) is 18.4 Å². The molecule has 0 bridgehead atoms. The lowest BCUT2D eigenvalue weighted by Gasteiger charge is -2.33. The number of hydrogen-bond donors (Lipinski definition) is 2. The van der Waals surface area contributed by atoms with Crippen molar-refractivity contribution in [1.29, 1.82) is 0 Å². The molecular weight excluding hydrogens is 212 g/mol. The number of carbonyl (C=O) groups excluding carboxylic acids is 1. The molecule has 2 aliphatic carbocycles. The van der Waals surface area contributed by atoms with E-state index in [1.54, 1.807) is 0 Å². The summed E-state index contributed by atoms with van der Waals surface area (Å²) in [5, 5.41) is 6.66. The van der Waals surface area contributed by atoms with Gasteiger partial charge in [-0.2, -0.15) is 0 Å². The Balaban J connectivity index is 1.55. The topological polar surface area (TPSA) is 41.1 Å². The lowest BCUT2D eigenvalue weighted by molar-refractivity contribution is -0.125. The Morgan fingerprint density at radius 2 is 2.00 bits per heavy atom. The second-order valence-electron chi connectivity index (χ2n) is 6.23. The molecule has 1 heterocycles. The van der Waals surface area contributed by atoms with Crippen molar-refractivity contribution in [2.75, 3.05) is 6.54 Å². The van der Waals surface area contributed by atoms with Crippen molar-refractivity contribution in [2.24, 2.45) is 17.8 Å². The second kappa shape index (κ2) is 4.60. The van der Waals surface area contributed by atoms with Crippen LogP contribution in [0.3, 0.4) is 0 Å². The van der Waals surface area contributed by atoms with E-state index in [2.05, 4.69) is 17.6 Å². The molecule has 1 amide bonds. The van der Waals surface area contributed by atoms with Gasteiger partial charge in [-0.3, -0.25) is 4.79 Å². The highest BCUT2D eigenvalue weighted by atomic mass is 16.2. The highest BCUT2D eigenvalue weighted by Gasteiger charge is 2.42. The summed E-state index contributed by atoms with van der Waals surface area (Å²) >= 11 is 0. The van der Waals surface area contributed by atoms with Gasteiger partial charge in [0, 0.05) is 6.04 Å². The first-order valence-electron chi connectivity index (χ1n) is 7.29. The monoisotopic (exact) mass is 236 g/mol. The van der Waals surface area contributed by atoms with E-state index in [1.807, 2.05) is 0 Å². The molecule has 0 aromatic heterocycles. The second-order valence-corrected chi connectivity index (χ2v) is 6.23. The van der Waals surface area contributed by atoms with Gasteiger partial charge in [0.1, 0.15) is 0 Å². The molecule has 96 valence electrons. The normalized spacial score (nSPS) is 38.5. The average molecular weight is 236 g/mol. The van der Waals surface area contributed by atoms with Crippen molar-refractivity contribution in [3.63, 3.8) is 0 Å². The zero-order valence-corrected chi connectivity index (χ0v) is 10.7. The van der Waals surface area contributed by atoms with Crippen LogP contribution in [0.15, 0.2) is 0 Å². The van der Waals surface area contributed by atoms with E-state index in [0.29, 0.717) is 12.0 Å². The fourth-order valence-electron chi connectivity index (χ4n) is 3.85. The molecule has 1 aliphatic heterocycles. The molecule has 0 aromatic carbocycles. The van der Waals surface area contributed by atoms with Crippen LogP contribution in [-0.2, 0) is 4.79 Å². The van der Waals surface area contributed by atoms with Crippen LogP contribution < -0.4 is 10.6 Å². The molecule has 3 rings (SSSR count). The molecule has 0 spiro atoms. The summed E-state index contributed by atoms with van der Waals surface area (Å²) in [4.78, 5) is 12.3. The molecule has 1 saturated heterocycles. The highest BCUT2D eigenvalue weighted by Crippen LogP contribution is 2.38. The summed E-state index contributed by atoms with van der Waals surface area (Å²) in [5.41, 5.74) is 0. The Labute approximate surface area is 104 Å². The van der Waals surface area contributed by atoms with Crippen molar-refractivity contribution in [1.82, 2.24) is 10.6 Å². The molecule has 0 aromatic rings. The maximum Gasteiger partial charge on any atom is 0.237 e. The van der Waals surface area contributed by atoms with E-state index >= 15 is 0 Å². The van der Waals surface area contributed by atoms with Crippen LogP contribution in [0, 0.1) is 17.8 Å². The van der Waals surface area contributed by atoms with Crippen LogP contribution in [0.4, 0.5) is 0 Å². The lowest BCUT2D eigenvalue weighted by atomic mass is 9.80. The van der Waals surface area contributed by atoms with Gasteiger partial charge in [0.15, 0.2) is 0 Å². The molecule has 2 saturated carbocycles. The molecular formula is C14H24N2O. The minimum absolute atomic E-state index is 0.102. The van der Waals surface area contributed by atoms with E-state index in [-0.39, 0.29) is 11.9 Å². The molecule has 4 atom stereocenters. The fourth-order valence-corrected chi connectivity index (χ4v) is 3.85. The molecule has 3 fully saturated rings. The molecule has 3 nitrogen and oxygen atoms in total. The van der Waals surface area contributed by atoms with Gasteiger partial charge in [-0.05, 0) is 56.9 Å². The first-order chi connectivity index (χ1) is 8.25. The van der Waals surface area contributed by atoms with E-state index < -0.39 is 0 Å². The van der Waals surface area contributed by atoms with Gasteiger partial charge in [0.05, 0.1) is 6.04 Å². The van der Waals surface area contributed by atoms with Gasteiger partial charge in [0.25, 0.3) is 0 Å². The van der Waals surface area contributed by atoms with Gasteiger partial charge < -0.3 is 10.6 Å². The van der Waals surface area contributed by atoms with Gasteiger partial charge in [-0.1, -0.05) is 12.8 Å². The van der Waals surface area contributed by atoms with Crippen molar-refractivity contribution in [3.05, 3.63) is 0 Å². The van der Waals surface area contributed by atoms with Crippen LogP contribution >= 0.6 is 0 Å². The summed E-state index contributed by atoms with van der Waals surface area (Å²) in [6.45, 7) is 3.23. The van der Waals surface area contributed by atoms with E-state index in [9.17, 15) is 4.79 Å². The molecule has 3 heteroatoms. The predicted octanol–water partition coefficient (Wildman–Crippen LogP) is 1.68. The third kappa shape index (κ3) is 2.10. The zero-order chi connectivity index (χ0) is 11.8. The van der Waals surface area contributed by atoms with Gasteiger partial charge >= 0.3 is 0 Å². The lowest BCUT2D eigenvalue weighted by Crippen LogP contribution is -2.49. The van der Waals surface area contributed by atoms with Crippen LogP contribution in [0.25, 0.3) is 0 Å². The molecule has 3 aliphatic rings. The number of amides is 1. The predicted molar refractivity (Wildman–Crippen MR) is 67.6 cm³/mol. The van der Waals surface area contributed by atoms with E-state index in [4.69, 9.17) is 0 Å². The van der Waals surface area contributed by atoms with Crippen LogP contribution in [0.2, 0.25) is 0 Å². The SMILES string of the molecule is CC(NC(=O)C1NCC2CCCC21)C1CCC1. The summed E-state index contributed by atoms with van der Waals surface area (Å²) < 4.78 is 0. The van der Waals surface area contributed by atoms with Gasteiger partial charge in [-0.15, -0.1) is 0 Å². The minimum atomic E-state index is 0.102. The average Bonchev–Trinajstić information content (AvgIpc) is 2.73. The first-order valence-corrected chi connectivity index (χ1v) is 7.29. The third-order valence-corrected chi connectivity index (χ3v) is 5.26. The van der Waals surface area contributed by atoms with Gasteiger partial charge in [0.2, 0.25) is 5.91 Å². The molecule has 17 heavy (non-hydrogen) atoms. The Morgan fingerprint density at radius 1 is 1.24 bits per heavy atom. The maximum absolute atomic E-state index is 12.3. The van der Waals surface area contributed by atoms with Crippen molar-refractivity contribution < 1.29 is 4.79 Å². The molecule has 0 radical (unpaired) electrons. The zero-order valence-electron chi connectivity index (χ0n) is 10.7. The standard InChI is InChI=1S/C14H24N2O/c1-9(10-4-2-5-10)16-14(17)13-12-7-3-6-11(12)8-15-13/h9-13,15H,2-8H2,1H3,(H,16,17). The van der Waals surface area contributed by atoms with Crippen molar-refractivity contribution in [2.45, 2.75) is 57.5 Å². The van der Waals surface area contributed by atoms with E-state index in [1.165, 1.54) is 38.5 Å². The summed E-state index contributed by atoms with van der Waals surface area (Å²) in [6.07, 6.45) is 7.82. The third-order valence-electron chi connectivity index (χ3n) is 5.26. The number of fused-ring (bicyclic) bond motifs is 1. The van der Waals surface area contributed by atoms with Crippen LogP contribution in [0.1, 0.15) is 45.4 Å². The Morgan fingerprint density at radius 3 is 2.71 bits per heavy atom. The Kier molecular flexibility index (Phi) is 3.12. The molecule has 4 unspecified atom stereocenters. The maximum atomic E-state index is 12.3. The van der Waals surface area contributed by atoms with Crippen LogP contribution in [0.5, 0.6) is 0 Å². The summed E-state index contributed by atoms with van der Waals surface area (Å²) in [7, 11) is 0. The Hall–Kier alpha value is -0.570. The molecule has 2 N–H and O–H groups in total. The van der Waals surface area contributed by atoms with Crippen LogP contribution in [-0.4, -0.2) is 24.5 Å². The summed E-state index contributed by atoms with van der Waals surface area (Å²) in [6, 6.07) is 0.475. The van der Waals surface area contributed by atoms with Crippen molar-refractivity contribution >= 4 is 5.91 Å². The minimum Gasteiger partial charge on any atom is -0.352 e. The fraction of sp³-hybridized carbons (Fsp3) is 0.929. The number of rotatable bonds is 3. The first kappa shape index (κ1) is 11.5. The number of carbonyl (C=O) groups is 1. The number of nitrogens with one attached hydrogen (secondary N) is 2. The van der Waals surface area contributed by atoms with Gasteiger partial charge in [-0.25, -0.2) is 0 Å². The van der Waals surface area contributed by atoms with Crippen molar-refractivity contribution in [3.8, 4) is 0 Å². The highest BCUT2D eigenvalue weighted by molar-refractivity contribution is 5.82. The quantitative estimate of drug-likeness (QED) is 0.783.